The van der Waals surface area contributed by atoms with E-state index in [9.17, 15) is 5.11 Å². The molecule has 1 fully saturated rings. The minimum atomic E-state index is -0.378. The Morgan fingerprint density at radius 2 is 1.50 bits per heavy atom. The van der Waals surface area contributed by atoms with Gasteiger partial charge in [0.2, 0.25) is 0 Å². The second-order valence-electron chi connectivity index (χ2n) is 5.38. The molecule has 1 atom stereocenters. The van der Waals surface area contributed by atoms with Gasteiger partial charge in [0.05, 0.1) is 6.10 Å². The Hall–Kier alpha value is -1.06. The molecule has 1 aliphatic rings. The summed E-state index contributed by atoms with van der Waals surface area (Å²) in [7, 11) is 0. The Labute approximate surface area is 110 Å². The first-order valence-corrected chi connectivity index (χ1v) is 6.85. The van der Waals surface area contributed by atoms with Gasteiger partial charge >= 0.3 is 0 Å². The van der Waals surface area contributed by atoms with E-state index in [1.54, 1.807) is 6.92 Å². The molecule has 1 aromatic carbocycles. The Bertz CT molecular complexity index is 365. The minimum absolute atomic E-state index is 0.378. The molecule has 0 aromatic heterocycles. The molecule has 1 saturated heterocycles. The fourth-order valence-electron chi connectivity index (χ4n) is 2.46. The van der Waals surface area contributed by atoms with Gasteiger partial charge in [0.1, 0.15) is 0 Å². The summed E-state index contributed by atoms with van der Waals surface area (Å²) in [4.78, 5) is 4.94. The summed E-state index contributed by atoms with van der Waals surface area (Å²) < 4.78 is 0. The van der Waals surface area contributed by atoms with Crippen LogP contribution in [0, 0.1) is 0 Å². The molecule has 0 saturated carbocycles. The van der Waals surface area contributed by atoms with Crippen LogP contribution in [0.3, 0.4) is 0 Å². The SMILES string of the molecule is CC(C)N1CCN(c2ccc([C@@H](C)O)cc2)CC1. The molecule has 0 spiro atoms. The van der Waals surface area contributed by atoms with E-state index in [1.807, 2.05) is 12.1 Å². The molecule has 2 rings (SSSR count). The quantitative estimate of drug-likeness (QED) is 0.889. The molecule has 3 nitrogen and oxygen atoms in total. The molecule has 0 radical (unpaired) electrons. The summed E-state index contributed by atoms with van der Waals surface area (Å²) in [5.74, 6) is 0. The third kappa shape index (κ3) is 3.03. The maximum absolute atomic E-state index is 9.50. The molecule has 0 unspecified atom stereocenters. The van der Waals surface area contributed by atoms with Crippen molar-refractivity contribution in [3.05, 3.63) is 29.8 Å². The van der Waals surface area contributed by atoms with E-state index < -0.39 is 0 Å². The van der Waals surface area contributed by atoms with Gasteiger partial charge in [-0.1, -0.05) is 12.1 Å². The summed E-state index contributed by atoms with van der Waals surface area (Å²) in [6, 6.07) is 8.92. The van der Waals surface area contributed by atoms with E-state index in [0.29, 0.717) is 6.04 Å². The molecule has 0 bridgehead atoms. The first kappa shape index (κ1) is 13.4. The zero-order chi connectivity index (χ0) is 13.1. The van der Waals surface area contributed by atoms with Crippen molar-refractivity contribution >= 4 is 5.69 Å². The molecular formula is C15H24N2O. The number of benzene rings is 1. The predicted octanol–water partition coefficient (Wildman–Crippen LogP) is 2.27. The number of hydrogen-bond donors (Lipinski definition) is 1. The second-order valence-corrected chi connectivity index (χ2v) is 5.38. The third-order valence-electron chi connectivity index (χ3n) is 3.79. The van der Waals surface area contributed by atoms with Crippen molar-refractivity contribution in [2.24, 2.45) is 0 Å². The van der Waals surface area contributed by atoms with Crippen LogP contribution in [-0.4, -0.2) is 42.2 Å². The number of aliphatic hydroxyl groups is 1. The zero-order valence-electron chi connectivity index (χ0n) is 11.6. The smallest absolute Gasteiger partial charge is 0.0761 e. The van der Waals surface area contributed by atoms with Crippen molar-refractivity contribution in [2.45, 2.75) is 32.9 Å². The zero-order valence-corrected chi connectivity index (χ0v) is 11.6. The minimum Gasteiger partial charge on any atom is -0.389 e. The Morgan fingerprint density at radius 1 is 0.944 bits per heavy atom. The van der Waals surface area contributed by atoms with E-state index in [1.165, 1.54) is 5.69 Å². The van der Waals surface area contributed by atoms with Gasteiger partial charge < -0.3 is 10.0 Å². The second kappa shape index (κ2) is 5.72. The van der Waals surface area contributed by atoms with Crippen molar-refractivity contribution in [3.8, 4) is 0 Å². The lowest BCUT2D eigenvalue weighted by Crippen LogP contribution is -2.48. The number of nitrogens with zero attached hydrogens (tertiary/aromatic N) is 2. The van der Waals surface area contributed by atoms with Crippen molar-refractivity contribution in [3.63, 3.8) is 0 Å². The van der Waals surface area contributed by atoms with Gasteiger partial charge in [0.25, 0.3) is 0 Å². The molecule has 1 N–H and O–H groups in total. The summed E-state index contributed by atoms with van der Waals surface area (Å²) >= 11 is 0. The molecule has 1 aromatic rings. The van der Waals surface area contributed by atoms with Crippen LogP contribution in [0.25, 0.3) is 0 Å². The highest BCUT2D eigenvalue weighted by Crippen LogP contribution is 2.20. The van der Waals surface area contributed by atoms with Crippen LogP contribution in [0.1, 0.15) is 32.4 Å². The standard InChI is InChI=1S/C15H24N2O/c1-12(2)16-8-10-17(11-9-16)15-6-4-14(5-7-15)13(3)18/h4-7,12-13,18H,8-11H2,1-3H3/t13-/m1/s1. The molecule has 0 aliphatic carbocycles. The number of anilines is 1. The Kier molecular flexibility index (Phi) is 4.25. The van der Waals surface area contributed by atoms with Gasteiger partial charge in [-0.05, 0) is 38.5 Å². The van der Waals surface area contributed by atoms with Gasteiger partial charge in [-0.25, -0.2) is 0 Å². The van der Waals surface area contributed by atoms with Crippen LogP contribution in [0.2, 0.25) is 0 Å². The van der Waals surface area contributed by atoms with Crippen LogP contribution < -0.4 is 4.90 Å². The lowest BCUT2D eigenvalue weighted by Gasteiger charge is -2.38. The van der Waals surface area contributed by atoms with E-state index in [2.05, 4.69) is 35.8 Å². The van der Waals surface area contributed by atoms with Crippen LogP contribution >= 0.6 is 0 Å². The first-order valence-electron chi connectivity index (χ1n) is 6.85. The molecule has 1 heterocycles. The van der Waals surface area contributed by atoms with Crippen molar-refractivity contribution in [1.82, 2.24) is 4.90 Å². The van der Waals surface area contributed by atoms with Gasteiger partial charge in [-0.3, -0.25) is 4.90 Å². The molecule has 3 heteroatoms. The number of piperazine rings is 1. The third-order valence-corrected chi connectivity index (χ3v) is 3.79. The lowest BCUT2D eigenvalue weighted by molar-refractivity contribution is 0.199. The first-order chi connectivity index (χ1) is 8.58. The molecule has 18 heavy (non-hydrogen) atoms. The van der Waals surface area contributed by atoms with Crippen molar-refractivity contribution in [2.75, 3.05) is 31.1 Å². The Morgan fingerprint density at radius 3 is 1.94 bits per heavy atom. The van der Waals surface area contributed by atoms with E-state index in [4.69, 9.17) is 0 Å². The summed E-state index contributed by atoms with van der Waals surface area (Å²) in [6.07, 6.45) is -0.378. The fraction of sp³-hybridized carbons (Fsp3) is 0.600. The van der Waals surface area contributed by atoms with Crippen molar-refractivity contribution < 1.29 is 5.11 Å². The maximum Gasteiger partial charge on any atom is 0.0761 e. The molecule has 100 valence electrons. The fourth-order valence-corrected chi connectivity index (χ4v) is 2.46. The van der Waals surface area contributed by atoms with Gasteiger partial charge in [0, 0.05) is 37.9 Å². The summed E-state index contributed by atoms with van der Waals surface area (Å²) in [5.41, 5.74) is 2.25. The average Bonchev–Trinajstić information content (AvgIpc) is 2.39. The molecule has 0 amide bonds. The highest BCUT2D eigenvalue weighted by Gasteiger charge is 2.18. The van der Waals surface area contributed by atoms with Crippen LogP contribution in [0.5, 0.6) is 0 Å². The number of hydrogen-bond acceptors (Lipinski definition) is 3. The van der Waals surface area contributed by atoms with Crippen LogP contribution in [-0.2, 0) is 0 Å². The predicted molar refractivity (Wildman–Crippen MR) is 76.0 cm³/mol. The number of aliphatic hydroxyl groups excluding tert-OH is 1. The van der Waals surface area contributed by atoms with Gasteiger partial charge in [0.15, 0.2) is 0 Å². The van der Waals surface area contributed by atoms with Gasteiger partial charge in [-0.2, -0.15) is 0 Å². The van der Waals surface area contributed by atoms with E-state index in [-0.39, 0.29) is 6.10 Å². The summed E-state index contributed by atoms with van der Waals surface area (Å²) in [5, 5.41) is 9.50. The van der Waals surface area contributed by atoms with Gasteiger partial charge in [-0.15, -0.1) is 0 Å². The average molecular weight is 248 g/mol. The largest absolute Gasteiger partial charge is 0.389 e. The maximum atomic E-state index is 9.50. The lowest BCUT2D eigenvalue weighted by atomic mass is 10.1. The van der Waals surface area contributed by atoms with Crippen LogP contribution in [0.4, 0.5) is 5.69 Å². The van der Waals surface area contributed by atoms with E-state index in [0.717, 1.165) is 31.7 Å². The summed E-state index contributed by atoms with van der Waals surface area (Å²) in [6.45, 7) is 10.8. The highest BCUT2D eigenvalue weighted by molar-refractivity contribution is 5.48. The van der Waals surface area contributed by atoms with E-state index >= 15 is 0 Å². The monoisotopic (exact) mass is 248 g/mol. The molecular weight excluding hydrogens is 224 g/mol. The topological polar surface area (TPSA) is 26.7 Å². The molecule has 1 aliphatic heterocycles. The number of rotatable bonds is 3. The van der Waals surface area contributed by atoms with Crippen LogP contribution in [0.15, 0.2) is 24.3 Å². The van der Waals surface area contributed by atoms with Crippen molar-refractivity contribution in [1.29, 1.82) is 0 Å². The normalized spacial score (nSPS) is 19.3. The highest BCUT2D eigenvalue weighted by atomic mass is 16.3. The Balaban J connectivity index is 1.97.